The topological polar surface area (TPSA) is 49.3 Å². The van der Waals surface area contributed by atoms with Gasteiger partial charge in [0.1, 0.15) is 11.6 Å². The van der Waals surface area contributed by atoms with Crippen LogP contribution in [0.2, 0.25) is 0 Å². The van der Waals surface area contributed by atoms with Crippen LogP contribution in [0.4, 0.5) is 8.78 Å². The molecule has 0 saturated heterocycles. The zero-order valence-electron chi connectivity index (χ0n) is 10.6. The van der Waals surface area contributed by atoms with Crippen molar-refractivity contribution in [3.05, 3.63) is 35.4 Å². The molecule has 1 aliphatic carbocycles. The largest absolute Gasteiger partial charge is 0.395 e. The van der Waals surface area contributed by atoms with Crippen LogP contribution in [0, 0.1) is 17.0 Å². The van der Waals surface area contributed by atoms with Gasteiger partial charge in [0.05, 0.1) is 12.0 Å². The van der Waals surface area contributed by atoms with Gasteiger partial charge in [0.2, 0.25) is 5.91 Å². The molecule has 0 radical (unpaired) electrons. The van der Waals surface area contributed by atoms with Crippen molar-refractivity contribution in [2.45, 2.75) is 25.7 Å². The normalized spacial score (nSPS) is 16.8. The summed E-state index contributed by atoms with van der Waals surface area (Å²) in [5, 5.41) is 11.9. The average Bonchev–Trinajstić information content (AvgIpc) is 2.33. The highest BCUT2D eigenvalue weighted by Gasteiger charge is 2.43. The quantitative estimate of drug-likeness (QED) is 0.856. The highest BCUT2D eigenvalue weighted by atomic mass is 19.1. The zero-order chi connectivity index (χ0) is 13.9. The van der Waals surface area contributed by atoms with Crippen LogP contribution in [0.15, 0.2) is 18.2 Å². The Morgan fingerprint density at radius 1 is 1.37 bits per heavy atom. The fourth-order valence-electron chi connectivity index (χ4n) is 2.29. The number of carbonyl (C=O) groups excluding carboxylic acids is 1. The average molecular weight is 269 g/mol. The summed E-state index contributed by atoms with van der Waals surface area (Å²) in [5.74, 6) is -1.16. The van der Waals surface area contributed by atoms with E-state index in [1.54, 1.807) is 0 Å². The zero-order valence-corrected chi connectivity index (χ0v) is 10.6. The molecule has 0 atom stereocenters. The van der Waals surface area contributed by atoms with Gasteiger partial charge in [-0.15, -0.1) is 0 Å². The molecule has 0 unspecified atom stereocenters. The van der Waals surface area contributed by atoms with Gasteiger partial charge in [-0.25, -0.2) is 8.78 Å². The van der Waals surface area contributed by atoms with Crippen LogP contribution in [-0.2, 0) is 11.2 Å². The summed E-state index contributed by atoms with van der Waals surface area (Å²) in [6, 6.07) is 3.27. The number of carbonyl (C=O) groups is 1. The Hall–Kier alpha value is -1.49. The first kappa shape index (κ1) is 13.9. The lowest BCUT2D eigenvalue weighted by atomic mass is 9.68. The van der Waals surface area contributed by atoms with Crippen LogP contribution >= 0.6 is 0 Å². The minimum atomic E-state index is -0.652. The highest BCUT2D eigenvalue weighted by molar-refractivity contribution is 5.83. The van der Waals surface area contributed by atoms with E-state index < -0.39 is 17.0 Å². The summed E-state index contributed by atoms with van der Waals surface area (Å²) in [6.07, 6.45) is 2.54. The second-order valence-corrected chi connectivity index (χ2v) is 5.03. The second-order valence-electron chi connectivity index (χ2n) is 5.03. The monoisotopic (exact) mass is 269 g/mol. The molecule has 0 spiro atoms. The van der Waals surface area contributed by atoms with Crippen LogP contribution < -0.4 is 5.32 Å². The van der Waals surface area contributed by atoms with Gasteiger partial charge in [0.25, 0.3) is 0 Å². The number of amides is 1. The van der Waals surface area contributed by atoms with E-state index in [0.29, 0.717) is 12.8 Å². The Morgan fingerprint density at radius 2 is 2.11 bits per heavy atom. The van der Waals surface area contributed by atoms with E-state index in [9.17, 15) is 18.7 Å². The first-order chi connectivity index (χ1) is 9.07. The number of halogens is 2. The maximum atomic E-state index is 13.4. The molecular formula is C14H17F2NO2. The van der Waals surface area contributed by atoms with Crippen molar-refractivity contribution < 1.29 is 18.7 Å². The van der Waals surface area contributed by atoms with Gasteiger partial charge in [-0.05, 0) is 43.0 Å². The number of rotatable bonds is 5. The Kier molecular flexibility index (Phi) is 4.14. The van der Waals surface area contributed by atoms with Gasteiger partial charge >= 0.3 is 0 Å². The number of aliphatic hydroxyl groups is 1. The lowest BCUT2D eigenvalue weighted by Gasteiger charge is -2.38. The molecule has 0 aliphatic heterocycles. The summed E-state index contributed by atoms with van der Waals surface area (Å²) in [4.78, 5) is 11.9. The molecule has 0 heterocycles. The molecule has 1 aliphatic rings. The summed E-state index contributed by atoms with van der Waals surface area (Å²) < 4.78 is 26.3. The summed E-state index contributed by atoms with van der Waals surface area (Å²) in [6.45, 7) is 0.0775. The smallest absolute Gasteiger partial charge is 0.228 e. The summed E-state index contributed by atoms with van der Waals surface area (Å²) in [7, 11) is 0. The molecule has 1 amide bonds. The Labute approximate surface area is 110 Å². The van der Waals surface area contributed by atoms with Gasteiger partial charge < -0.3 is 10.4 Å². The molecule has 5 heteroatoms. The molecular weight excluding hydrogens is 252 g/mol. The number of hydrogen-bond acceptors (Lipinski definition) is 2. The van der Waals surface area contributed by atoms with Gasteiger partial charge in [-0.3, -0.25) is 4.79 Å². The molecule has 2 N–H and O–H groups in total. The molecule has 19 heavy (non-hydrogen) atoms. The van der Waals surface area contributed by atoms with Crippen molar-refractivity contribution >= 4 is 5.91 Å². The van der Waals surface area contributed by atoms with Crippen molar-refractivity contribution in [1.29, 1.82) is 0 Å². The second kappa shape index (κ2) is 5.65. The third kappa shape index (κ3) is 2.92. The van der Waals surface area contributed by atoms with Crippen LogP contribution in [-0.4, -0.2) is 24.2 Å². The van der Waals surface area contributed by atoms with E-state index in [1.807, 2.05) is 0 Å². The minimum Gasteiger partial charge on any atom is -0.395 e. The predicted molar refractivity (Wildman–Crippen MR) is 66.4 cm³/mol. The van der Waals surface area contributed by atoms with Crippen LogP contribution in [0.5, 0.6) is 0 Å². The van der Waals surface area contributed by atoms with E-state index in [4.69, 9.17) is 0 Å². The maximum Gasteiger partial charge on any atom is 0.228 e. The van der Waals surface area contributed by atoms with Crippen molar-refractivity contribution in [3.63, 3.8) is 0 Å². The van der Waals surface area contributed by atoms with Gasteiger partial charge in [-0.2, -0.15) is 0 Å². The van der Waals surface area contributed by atoms with Crippen molar-refractivity contribution in [2.75, 3.05) is 13.2 Å². The van der Waals surface area contributed by atoms with Crippen LogP contribution in [0.25, 0.3) is 0 Å². The number of aliphatic hydroxyl groups excluding tert-OH is 1. The lowest BCUT2D eigenvalue weighted by molar-refractivity contribution is -0.139. The Balaban J connectivity index is 1.86. The molecule has 3 nitrogen and oxygen atoms in total. The molecule has 1 saturated carbocycles. The highest BCUT2D eigenvalue weighted by Crippen LogP contribution is 2.40. The molecule has 0 aromatic heterocycles. The first-order valence-electron chi connectivity index (χ1n) is 6.40. The maximum absolute atomic E-state index is 13.4. The molecule has 1 fully saturated rings. The minimum absolute atomic E-state index is 0.160. The van der Waals surface area contributed by atoms with Crippen LogP contribution in [0.3, 0.4) is 0 Å². The number of hydrogen-bond donors (Lipinski definition) is 2. The molecule has 1 aromatic carbocycles. The molecule has 2 rings (SSSR count). The molecule has 1 aromatic rings. The van der Waals surface area contributed by atoms with Crippen molar-refractivity contribution in [1.82, 2.24) is 5.32 Å². The Morgan fingerprint density at radius 3 is 2.68 bits per heavy atom. The van der Waals surface area contributed by atoms with Gasteiger partial charge in [0.15, 0.2) is 0 Å². The number of benzene rings is 1. The third-order valence-corrected chi connectivity index (χ3v) is 3.78. The van der Waals surface area contributed by atoms with Crippen molar-refractivity contribution in [3.8, 4) is 0 Å². The van der Waals surface area contributed by atoms with E-state index in [0.717, 1.165) is 24.6 Å². The number of nitrogens with one attached hydrogen (secondary N) is 1. The third-order valence-electron chi connectivity index (χ3n) is 3.78. The van der Waals surface area contributed by atoms with E-state index in [1.165, 1.54) is 0 Å². The predicted octanol–water partition coefficient (Wildman–Crippen LogP) is 1.79. The molecule has 0 bridgehead atoms. The van der Waals surface area contributed by atoms with E-state index in [-0.39, 0.29) is 31.0 Å². The van der Waals surface area contributed by atoms with Gasteiger partial charge in [0, 0.05) is 6.54 Å². The fraction of sp³-hybridized carbons (Fsp3) is 0.500. The fourth-order valence-corrected chi connectivity index (χ4v) is 2.29. The van der Waals surface area contributed by atoms with Gasteiger partial charge in [-0.1, -0.05) is 6.42 Å². The Bertz CT molecular complexity index is 467. The molecule has 104 valence electrons. The van der Waals surface area contributed by atoms with E-state index >= 15 is 0 Å². The van der Waals surface area contributed by atoms with Crippen LogP contribution in [0.1, 0.15) is 24.8 Å². The summed E-state index contributed by atoms with van der Waals surface area (Å²) >= 11 is 0. The van der Waals surface area contributed by atoms with E-state index in [2.05, 4.69) is 5.32 Å². The first-order valence-corrected chi connectivity index (χ1v) is 6.40. The van der Waals surface area contributed by atoms with Crippen molar-refractivity contribution in [2.24, 2.45) is 5.41 Å². The summed E-state index contributed by atoms with van der Waals surface area (Å²) in [5.41, 5.74) is -0.410. The SMILES string of the molecule is O=C(NCCc1cc(F)ccc1F)C1(CO)CCC1. The lowest BCUT2D eigenvalue weighted by Crippen LogP contribution is -2.48. The standard InChI is InChI=1S/C14H17F2NO2/c15-11-2-3-12(16)10(8-11)4-7-17-13(19)14(9-18)5-1-6-14/h2-3,8,18H,1,4-7,9H2,(H,17,19).